The van der Waals surface area contributed by atoms with Gasteiger partial charge in [-0.3, -0.25) is 16.5 Å². The van der Waals surface area contributed by atoms with Crippen molar-refractivity contribution in [3.8, 4) is 0 Å². The Morgan fingerprint density at radius 2 is 1.56 bits per heavy atom. The van der Waals surface area contributed by atoms with Crippen LogP contribution in [0.3, 0.4) is 0 Å². The summed E-state index contributed by atoms with van der Waals surface area (Å²) in [5.41, 5.74) is 4.78. The number of carbonyl (C=O) groups is 1. The fourth-order valence-corrected chi connectivity index (χ4v) is 0. The summed E-state index contributed by atoms with van der Waals surface area (Å²) in [6.07, 6.45) is 0. The number of hydrogen-bond donors (Lipinski definition) is 5. The largest absolute Gasteiger partial charge is 0.368 e. The van der Waals surface area contributed by atoms with Crippen LogP contribution in [0.25, 0.3) is 0 Å². The third kappa shape index (κ3) is 8.09. The molecule has 56 valence electrons. The molecule has 0 aromatic rings. The first kappa shape index (κ1) is 11.8. The zero-order chi connectivity index (χ0) is 8.08. The molecule has 9 heavy (non-hydrogen) atoms. The van der Waals surface area contributed by atoms with Crippen molar-refractivity contribution in [3.05, 3.63) is 0 Å². The summed E-state index contributed by atoms with van der Waals surface area (Å²) in [5.74, 6) is 7.47. The Kier molecular flexibility index (Phi) is 6.47. The van der Waals surface area contributed by atoms with E-state index in [1.807, 2.05) is 0 Å². The number of primary amides is 1. The van der Waals surface area contributed by atoms with Gasteiger partial charge in [0.05, 0.1) is 0 Å². The lowest BCUT2D eigenvalue weighted by Crippen LogP contribution is -2.29. The second-order valence-corrected chi connectivity index (χ2v) is 3.53. The Bertz CT molecular complexity index is 89.5. The van der Waals surface area contributed by atoms with Crippen LogP contribution >= 0.6 is 25.3 Å². The van der Waals surface area contributed by atoms with Gasteiger partial charge in [-0.05, 0) is 6.92 Å². The van der Waals surface area contributed by atoms with Crippen LogP contribution in [-0.4, -0.2) is 9.99 Å². The number of nitrogens with two attached hydrogens (primary N) is 3. The maximum Gasteiger partial charge on any atom is 0.243 e. The van der Waals surface area contributed by atoms with E-state index in [-0.39, 0.29) is 0 Å². The molecule has 0 aliphatic rings. The number of rotatable bonds is 1. The number of hydrogen-bond acceptors (Lipinski definition) is 5. The van der Waals surface area contributed by atoms with E-state index < -0.39 is 9.99 Å². The van der Waals surface area contributed by atoms with Crippen molar-refractivity contribution in [2.75, 3.05) is 0 Å². The topological polar surface area (TPSA) is 95.1 Å². The number of carbonyl (C=O) groups excluding carboxylic acids is 1. The smallest absolute Gasteiger partial charge is 0.243 e. The van der Waals surface area contributed by atoms with Crippen LogP contribution in [-0.2, 0) is 4.79 Å². The SMILES string of the molecule is CC(S)(S)C(N)=O.NN. The molecule has 6 heteroatoms. The van der Waals surface area contributed by atoms with Gasteiger partial charge in [0.2, 0.25) is 5.91 Å². The van der Waals surface area contributed by atoms with Gasteiger partial charge in [0.15, 0.2) is 0 Å². The summed E-state index contributed by atoms with van der Waals surface area (Å²) in [6, 6.07) is 0. The van der Waals surface area contributed by atoms with Gasteiger partial charge < -0.3 is 5.73 Å². The summed E-state index contributed by atoms with van der Waals surface area (Å²) in [6.45, 7) is 1.52. The molecule has 0 fully saturated rings. The summed E-state index contributed by atoms with van der Waals surface area (Å²) in [5, 5.41) is 0. The van der Waals surface area contributed by atoms with Crippen LogP contribution in [0.5, 0.6) is 0 Å². The van der Waals surface area contributed by atoms with E-state index in [2.05, 4.69) is 36.9 Å². The second kappa shape index (κ2) is 4.92. The van der Waals surface area contributed by atoms with Crippen LogP contribution in [0.4, 0.5) is 0 Å². The lowest BCUT2D eigenvalue weighted by atomic mass is 10.4. The Labute approximate surface area is 64.9 Å². The first-order valence-corrected chi connectivity index (χ1v) is 2.92. The summed E-state index contributed by atoms with van der Waals surface area (Å²) in [7, 11) is 0. The van der Waals surface area contributed by atoms with E-state index in [4.69, 9.17) is 5.73 Å². The predicted octanol–water partition coefficient (Wildman–Crippen LogP) is -1.13. The molecule has 4 nitrogen and oxygen atoms in total. The Balaban J connectivity index is 0. The highest BCUT2D eigenvalue weighted by Crippen LogP contribution is 2.15. The molecule has 6 N–H and O–H groups in total. The molecule has 1 amide bonds. The molecule has 0 aromatic carbocycles. The fourth-order valence-electron chi connectivity index (χ4n) is 0. The van der Waals surface area contributed by atoms with Crippen molar-refractivity contribution in [3.63, 3.8) is 0 Å². The number of thiol groups is 2. The van der Waals surface area contributed by atoms with Gasteiger partial charge in [-0.25, -0.2) is 0 Å². The molecule has 0 heterocycles. The molecule has 0 aromatic heterocycles. The number of hydrazine groups is 1. The van der Waals surface area contributed by atoms with Gasteiger partial charge in [0, 0.05) is 0 Å². The Morgan fingerprint density at radius 3 is 1.56 bits per heavy atom. The van der Waals surface area contributed by atoms with Crippen molar-refractivity contribution >= 4 is 31.2 Å². The minimum atomic E-state index is -0.972. The van der Waals surface area contributed by atoms with Crippen LogP contribution in [0.2, 0.25) is 0 Å². The minimum Gasteiger partial charge on any atom is -0.368 e. The standard InChI is InChI=1S/C3H7NOS2.H4N2/c1-3(6,7)2(4)5;1-2/h6-7H,1H3,(H2,4,5);1-2H2. The molecule has 0 atom stereocenters. The monoisotopic (exact) mass is 169 g/mol. The van der Waals surface area contributed by atoms with Gasteiger partial charge in [-0.15, -0.1) is 0 Å². The van der Waals surface area contributed by atoms with Crippen molar-refractivity contribution in [2.24, 2.45) is 17.4 Å². The van der Waals surface area contributed by atoms with Gasteiger partial charge >= 0.3 is 0 Å². The molecule has 0 saturated heterocycles. The summed E-state index contributed by atoms with van der Waals surface area (Å²) >= 11 is 7.48. The van der Waals surface area contributed by atoms with Gasteiger partial charge in [-0.1, -0.05) is 0 Å². The molecule has 0 spiro atoms. The van der Waals surface area contributed by atoms with Crippen LogP contribution in [0.1, 0.15) is 6.92 Å². The van der Waals surface area contributed by atoms with Crippen molar-refractivity contribution in [1.29, 1.82) is 0 Å². The molecule has 0 unspecified atom stereocenters. The van der Waals surface area contributed by atoms with Crippen LogP contribution in [0.15, 0.2) is 0 Å². The summed E-state index contributed by atoms with van der Waals surface area (Å²) in [4.78, 5) is 10.1. The van der Waals surface area contributed by atoms with E-state index >= 15 is 0 Å². The van der Waals surface area contributed by atoms with Crippen LogP contribution in [0, 0.1) is 0 Å². The zero-order valence-corrected chi connectivity index (χ0v) is 6.82. The molecule has 0 aliphatic carbocycles. The maximum absolute atomic E-state index is 10.1. The molecule has 0 aliphatic heterocycles. The van der Waals surface area contributed by atoms with E-state index in [1.165, 1.54) is 6.92 Å². The molecule has 0 bridgehead atoms. The molecular formula is C3H11N3OS2. The van der Waals surface area contributed by atoms with Crippen LogP contribution < -0.4 is 17.4 Å². The highest BCUT2D eigenvalue weighted by atomic mass is 32.2. The maximum atomic E-state index is 10.1. The third-order valence-electron chi connectivity index (χ3n) is 0.467. The van der Waals surface area contributed by atoms with E-state index in [1.54, 1.807) is 0 Å². The molecule has 0 saturated carbocycles. The lowest BCUT2D eigenvalue weighted by Gasteiger charge is -2.08. The number of amides is 1. The minimum absolute atomic E-state index is 0.529. The van der Waals surface area contributed by atoms with E-state index in [0.29, 0.717) is 0 Å². The Hall–Kier alpha value is 0.0900. The lowest BCUT2D eigenvalue weighted by molar-refractivity contribution is -0.117. The highest BCUT2D eigenvalue weighted by Gasteiger charge is 2.19. The van der Waals surface area contributed by atoms with E-state index in [9.17, 15) is 4.79 Å². The Morgan fingerprint density at radius 1 is 1.44 bits per heavy atom. The highest BCUT2D eigenvalue weighted by molar-refractivity contribution is 8.01. The summed E-state index contributed by atoms with van der Waals surface area (Å²) < 4.78 is -0.972. The van der Waals surface area contributed by atoms with Crippen molar-refractivity contribution in [2.45, 2.75) is 11.0 Å². The second-order valence-electron chi connectivity index (χ2n) is 1.39. The van der Waals surface area contributed by atoms with E-state index in [0.717, 1.165) is 0 Å². The van der Waals surface area contributed by atoms with Gasteiger partial charge in [0.25, 0.3) is 0 Å². The molecule has 0 radical (unpaired) electrons. The molecule has 0 rings (SSSR count). The molecular weight excluding hydrogens is 158 g/mol. The quantitative estimate of drug-likeness (QED) is 0.149. The normalized spacial score (nSPS) is 9.44. The van der Waals surface area contributed by atoms with Gasteiger partial charge in [-0.2, -0.15) is 25.3 Å². The fraction of sp³-hybridized carbons (Fsp3) is 0.667. The van der Waals surface area contributed by atoms with Gasteiger partial charge in [0.1, 0.15) is 4.08 Å². The predicted molar refractivity (Wildman–Crippen MR) is 43.9 cm³/mol. The zero-order valence-electron chi connectivity index (χ0n) is 5.03. The first-order valence-electron chi connectivity index (χ1n) is 2.02. The van der Waals surface area contributed by atoms with Crippen molar-refractivity contribution in [1.82, 2.24) is 0 Å². The third-order valence-corrected chi connectivity index (χ3v) is 0.908. The van der Waals surface area contributed by atoms with Crippen molar-refractivity contribution < 1.29 is 4.79 Å². The first-order chi connectivity index (χ1) is 3.94. The average Bonchev–Trinajstić information content (AvgIpc) is 1.69. The average molecular weight is 169 g/mol.